The van der Waals surface area contributed by atoms with Gasteiger partial charge in [-0.1, -0.05) is 77.5 Å². The Morgan fingerprint density at radius 3 is 2.38 bits per heavy atom. The summed E-state index contributed by atoms with van der Waals surface area (Å²) in [6.07, 6.45) is 1.84. The van der Waals surface area contributed by atoms with E-state index >= 15 is 0 Å². The van der Waals surface area contributed by atoms with E-state index < -0.39 is 6.04 Å². The number of carbonyl (C=O) groups is 2. The molecule has 0 aliphatic rings. The highest BCUT2D eigenvalue weighted by Crippen LogP contribution is 2.21. The molecule has 0 radical (unpaired) electrons. The Kier molecular flexibility index (Phi) is 8.46. The molecule has 4 nitrogen and oxygen atoms in total. The van der Waals surface area contributed by atoms with Gasteiger partial charge < -0.3 is 10.2 Å². The van der Waals surface area contributed by atoms with Gasteiger partial charge in [0.2, 0.25) is 11.8 Å². The smallest absolute Gasteiger partial charge is 0.242 e. The van der Waals surface area contributed by atoms with E-state index in [0.717, 1.165) is 22.0 Å². The zero-order chi connectivity index (χ0) is 23.1. The van der Waals surface area contributed by atoms with E-state index in [1.54, 1.807) is 4.90 Å². The van der Waals surface area contributed by atoms with Crippen LogP contribution >= 0.6 is 15.9 Å². The third kappa shape index (κ3) is 6.19. The van der Waals surface area contributed by atoms with Crippen molar-refractivity contribution in [1.29, 1.82) is 0 Å². The Morgan fingerprint density at radius 2 is 1.66 bits per heavy atom. The summed E-state index contributed by atoms with van der Waals surface area (Å²) in [7, 11) is 0. The van der Waals surface area contributed by atoms with Crippen LogP contribution in [0.25, 0.3) is 10.8 Å². The molecule has 0 saturated heterocycles. The predicted molar refractivity (Wildman–Crippen MR) is 134 cm³/mol. The Balaban J connectivity index is 1.78. The van der Waals surface area contributed by atoms with Crippen molar-refractivity contribution in [3.8, 4) is 0 Å². The largest absolute Gasteiger partial charge is 0.352 e. The molecule has 1 N–H and O–H groups in total. The molecule has 0 bridgehead atoms. The predicted octanol–water partition coefficient (Wildman–Crippen LogP) is 5.87. The second-order valence-corrected chi connectivity index (χ2v) is 9.20. The number of fused-ring (bicyclic) bond motifs is 1. The summed E-state index contributed by atoms with van der Waals surface area (Å²) in [6.45, 7) is 6.22. The van der Waals surface area contributed by atoms with Crippen molar-refractivity contribution >= 4 is 38.5 Å². The number of hydrogen-bond acceptors (Lipinski definition) is 2. The Morgan fingerprint density at radius 1 is 0.969 bits per heavy atom. The lowest BCUT2D eigenvalue weighted by atomic mass is 10.0. The number of halogens is 1. The van der Waals surface area contributed by atoms with Gasteiger partial charge in [0.1, 0.15) is 6.04 Å². The maximum absolute atomic E-state index is 13.4. The number of nitrogens with one attached hydrogen (secondary N) is 1. The van der Waals surface area contributed by atoms with Gasteiger partial charge in [0.25, 0.3) is 0 Å². The van der Waals surface area contributed by atoms with Gasteiger partial charge in [-0.25, -0.2) is 0 Å². The Labute approximate surface area is 199 Å². The van der Waals surface area contributed by atoms with Gasteiger partial charge in [-0.3, -0.25) is 9.59 Å². The first-order valence-corrected chi connectivity index (χ1v) is 12.0. The molecule has 2 atom stereocenters. The topological polar surface area (TPSA) is 49.4 Å². The molecule has 0 aliphatic heterocycles. The first kappa shape index (κ1) is 24.0. The lowest BCUT2D eigenvalue weighted by Crippen LogP contribution is -2.49. The van der Waals surface area contributed by atoms with E-state index in [0.29, 0.717) is 19.4 Å². The molecule has 3 rings (SSSR count). The van der Waals surface area contributed by atoms with Crippen LogP contribution < -0.4 is 5.32 Å². The number of amides is 2. The minimum absolute atomic E-state index is 0.0207. The van der Waals surface area contributed by atoms with Gasteiger partial charge in [-0.05, 0) is 60.7 Å². The summed E-state index contributed by atoms with van der Waals surface area (Å²) in [6, 6.07) is 21.8. The average molecular weight is 495 g/mol. The van der Waals surface area contributed by atoms with Crippen LogP contribution in [0.1, 0.15) is 44.7 Å². The minimum atomic E-state index is -0.548. The molecule has 0 fully saturated rings. The minimum Gasteiger partial charge on any atom is -0.352 e. The van der Waals surface area contributed by atoms with E-state index in [2.05, 4.69) is 45.5 Å². The zero-order valence-corrected chi connectivity index (χ0v) is 20.6. The summed E-state index contributed by atoms with van der Waals surface area (Å²) in [4.78, 5) is 27.9. The van der Waals surface area contributed by atoms with Crippen LogP contribution in [0.5, 0.6) is 0 Å². The highest BCUT2D eigenvalue weighted by atomic mass is 79.9. The van der Waals surface area contributed by atoms with Crippen LogP contribution in [0, 0.1) is 0 Å². The van der Waals surface area contributed by atoms with Gasteiger partial charge >= 0.3 is 0 Å². The van der Waals surface area contributed by atoms with Crippen molar-refractivity contribution < 1.29 is 9.59 Å². The number of carbonyl (C=O) groups excluding carboxylic acids is 2. The quantitative estimate of drug-likeness (QED) is 0.404. The van der Waals surface area contributed by atoms with Crippen LogP contribution in [-0.2, 0) is 22.6 Å². The molecule has 0 heterocycles. The highest BCUT2D eigenvalue weighted by Gasteiger charge is 2.26. The fraction of sp³-hybridized carbons (Fsp3) is 0.333. The molecule has 5 heteroatoms. The van der Waals surface area contributed by atoms with E-state index in [1.807, 2.05) is 63.2 Å². The van der Waals surface area contributed by atoms with Gasteiger partial charge in [-0.2, -0.15) is 0 Å². The van der Waals surface area contributed by atoms with Crippen molar-refractivity contribution in [2.45, 2.75) is 58.7 Å². The summed E-state index contributed by atoms with van der Waals surface area (Å²) >= 11 is 3.45. The highest BCUT2D eigenvalue weighted by molar-refractivity contribution is 9.10. The van der Waals surface area contributed by atoms with Crippen LogP contribution in [0.2, 0.25) is 0 Å². The lowest BCUT2D eigenvalue weighted by Gasteiger charge is -2.30. The fourth-order valence-corrected chi connectivity index (χ4v) is 3.99. The van der Waals surface area contributed by atoms with Crippen LogP contribution in [0.4, 0.5) is 0 Å². The van der Waals surface area contributed by atoms with E-state index in [-0.39, 0.29) is 17.9 Å². The molecule has 0 saturated carbocycles. The van der Waals surface area contributed by atoms with Gasteiger partial charge in [-0.15, -0.1) is 0 Å². The summed E-state index contributed by atoms with van der Waals surface area (Å²) in [5, 5.41) is 5.36. The van der Waals surface area contributed by atoms with E-state index in [1.165, 1.54) is 10.8 Å². The van der Waals surface area contributed by atoms with Gasteiger partial charge in [0.05, 0.1) is 0 Å². The molecule has 2 amide bonds. The molecule has 168 valence electrons. The summed E-state index contributed by atoms with van der Waals surface area (Å²) in [5.41, 5.74) is 2.15. The Bertz CT molecular complexity index is 1060. The van der Waals surface area contributed by atoms with Crippen molar-refractivity contribution in [1.82, 2.24) is 10.2 Å². The molecular weight excluding hydrogens is 464 g/mol. The van der Waals surface area contributed by atoms with Crippen molar-refractivity contribution in [2.75, 3.05) is 0 Å². The second-order valence-electron chi connectivity index (χ2n) is 8.28. The molecular formula is C27H31BrN2O2. The molecule has 0 unspecified atom stereocenters. The number of benzene rings is 3. The summed E-state index contributed by atoms with van der Waals surface area (Å²) in [5.74, 6) is -0.136. The van der Waals surface area contributed by atoms with Gasteiger partial charge in [0, 0.05) is 23.5 Å². The Hall–Kier alpha value is -2.66. The summed E-state index contributed by atoms with van der Waals surface area (Å²) < 4.78 is 0.984. The third-order valence-electron chi connectivity index (χ3n) is 5.92. The van der Waals surface area contributed by atoms with E-state index in [9.17, 15) is 9.59 Å². The molecule has 0 aromatic heterocycles. The lowest BCUT2D eigenvalue weighted by molar-refractivity contribution is -0.140. The fourth-order valence-electron chi connectivity index (χ4n) is 3.73. The first-order chi connectivity index (χ1) is 15.4. The van der Waals surface area contributed by atoms with Crippen molar-refractivity contribution in [2.24, 2.45) is 0 Å². The van der Waals surface area contributed by atoms with Crippen LogP contribution in [0.15, 0.2) is 71.2 Å². The number of hydrogen-bond donors (Lipinski definition) is 1. The standard InChI is InChI=1S/C27H31BrN2O2/c1-4-19(2)29-27(32)20(3)30(18-21-12-15-24(28)16-13-21)26(31)17-14-23-10-7-9-22-8-5-6-11-25(22)23/h5-13,15-16,19-20H,4,14,17-18H2,1-3H3,(H,29,32)/t19-,20-/m1/s1. The monoisotopic (exact) mass is 494 g/mol. The number of rotatable bonds is 9. The van der Waals surface area contributed by atoms with Crippen LogP contribution in [-0.4, -0.2) is 28.8 Å². The van der Waals surface area contributed by atoms with Crippen LogP contribution in [0.3, 0.4) is 0 Å². The maximum atomic E-state index is 13.4. The maximum Gasteiger partial charge on any atom is 0.242 e. The normalized spacial score (nSPS) is 12.9. The average Bonchev–Trinajstić information content (AvgIpc) is 2.81. The van der Waals surface area contributed by atoms with E-state index in [4.69, 9.17) is 0 Å². The zero-order valence-electron chi connectivity index (χ0n) is 19.0. The first-order valence-electron chi connectivity index (χ1n) is 11.2. The number of aryl methyl sites for hydroxylation is 1. The van der Waals surface area contributed by atoms with Gasteiger partial charge in [0.15, 0.2) is 0 Å². The molecule has 0 aliphatic carbocycles. The van der Waals surface area contributed by atoms with Crippen molar-refractivity contribution in [3.05, 3.63) is 82.3 Å². The van der Waals surface area contributed by atoms with Crippen molar-refractivity contribution in [3.63, 3.8) is 0 Å². The molecule has 3 aromatic rings. The number of nitrogens with zero attached hydrogens (tertiary/aromatic N) is 1. The second kappa shape index (κ2) is 11.3. The molecule has 3 aromatic carbocycles. The molecule has 32 heavy (non-hydrogen) atoms. The molecule has 0 spiro atoms. The SMILES string of the molecule is CC[C@@H](C)NC(=O)[C@@H](C)N(Cc1ccc(Br)cc1)C(=O)CCc1cccc2ccccc12. The third-order valence-corrected chi connectivity index (χ3v) is 6.45.